The van der Waals surface area contributed by atoms with Crippen molar-refractivity contribution in [3.8, 4) is 0 Å². The van der Waals surface area contributed by atoms with E-state index in [1.165, 1.54) is 10.4 Å². The van der Waals surface area contributed by atoms with E-state index in [1.807, 2.05) is 6.92 Å². The number of nitrogens with two attached hydrogens (primary N) is 1. The van der Waals surface area contributed by atoms with Crippen LogP contribution in [0.15, 0.2) is 29.4 Å². The molecule has 0 saturated heterocycles. The van der Waals surface area contributed by atoms with E-state index in [0.29, 0.717) is 5.69 Å². The molecule has 1 heterocycles. The molecule has 1 aromatic carbocycles. The predicted molar refractivity (Wildman–Crippen MR) is 82.2 cm³/mol. The zero-order valence-electron chi connectivity index (χ0n) is 12.7. The van der Waals surface area contributed by atoms with Crippen LogP contribution in [-0.2, 0) is 23.6 Å². The standard InChI is InChI=1S/C14H20N4O2S/c1-10-5-13(15)6-14(11(10)2)21(19,20)18(4)9-12-7-16-17(3)8-12/h5-8H,9,15H2,1-4H3. The molecule has 0 fully saturated rings. The monoisotopic (exact) mass is 308 g/mol. The molecule has 2 rings (SSSR count). The van der Waals surface area contributed by atoms with Crippen LogP contribution >= 0.6 is 0 Å². The number of nitrogens with zero attached hydrogens (tertiary/aromatic N) is 3. The summed E-state index contributed by atoms with van der Waals surface area (Å²) in [7, 11) is -0.236. The quantitative estimate of drug-likeness (QED) is 0.867. The SMILES string of the molecule is Cc1cc(N)cc(S(=O)(=O)N(C)Cc2cnn(C)c2)c1C. The number of sulfonamides is 1. The van der Waals surface area contributed by atoms with Gasteiger partial charge in [-0.1, -0.05) is 0 Å². The molecule has 0 aliphatic carbocycles. The molecule has 2 N–H and O–H groups in total. The Kier molecular flexibility index (Phi) is 4.06. The Morgan fingerprint density at radius 2 is 2.00 bits per heavy atom. The number of rotatable bonds is 4. The van der Waals surface area contributed by atoms with Crippen LogP contribution < -0.4 is 5.73 Å². The first-order valence-electron chi connectivity index (χ1n) is 6.52. The average molecular weight is 308 g/mol. The highest BCUT2D eigenvalue weighted by Crippen LogP contribution is 2.25. The molecule has 1 aromatic heterocycles. The van der Waals surface area contributed by atoms with Gasteiger partial charge in [0.15, 0.2) is 0 Å². The van der Waals surface area contributed by atoms with Gasteiger partial charge in [0, 0.05) is 38.1 Å². The van der Waals surface area contributed by atoms with Crippen molar-refractivity contribution in [3.05, 3.63) is 41.2 Å². The summed E-state index contributed by atoms with van der Waals surface area (Å²) < 4.78 is 28.4. The van der Waals surface area contributed by atoms with Gasteiger partial charge in [-0.25, -0.2) is 8.42 Å². The number of anilines is 1. The van der Waals surface area contributed by atoms with Crippen molar-refractivity contribution >= 4 is 15.7 Å². The van der Waals surface area contributed by atoms with E-state index in [2.05, 4.69) is 5.10 Å². The van der Waals surface area contributed by atoms with Crippen molar-refractivity contribution in [1.82, 2.24) is 14.1 Å². The van der Waals surface area contributed by atoms with E-state index in [0.717, 1.165) is 16.7 Å². The summed E-state index contributed by atoms with van der Waals surface area (Å²) in [6.07, 6.45) is 3.45. The van der Waals surface area contributed by atoms with Gasteiger partial charge >= 0.3 is 0 Å². The summed E-state index contributed by atoms with van der Waals surface area (Å²) in [6, 6.07) is 3.28. The van der Waals surface area contributed by atoms with Crippen molar-refractivity contribution < 1.29 is 8.42 Å². The van der Waals surface area contributed by atoms with Crippen molar-refractivity contribution in [2.75, 3.05) is 12.8 Å². The Morgan fingerprint density at radius 3 is 2.57 bits per heavy atom. The van der Waals surface area contributed by atoms with Crippen LogP contribution in [0.4, 0.5) is 5.69 Å². The number of benzene rings is 1. The third-order valence-corrected chi connectivity index (χ3v) is 5.42. The largest absolute Gasteiger partial charge is 0.399 e. The van der Waals surface area contributed by atoms with Gasteiger partial charge in [-0.3, -0.25) is 4.68 Å². The molecule has 114 valence electrons. The first-order valence-corrected chi connectivity index (χ1v) is 7.96. The Labute approximate surface area is 125 Å². The van der Waals surface area contributed by atoms with E-state index in [9.17, 15) is 8.42 Å². The lowest BCUT2D eigenvalue weighted by Crippen LogP contribution is -2.27. The molecule has 7 heteroatoms. The first-order chi connectivity index (χ1) is 9.71. The normalized spacial score (nSPS) is 12.0. The van der Waals surface area contributed by atoms with Gasteiger partial charge in [0.25, 0.3) is 0 Å². The molecule has 0 amide bonds. The second kappa shape index (κ2) is 5.50. The molecular weight excluding hydrogens is 288 g/mol. The Morgan fingerprint density at radius 1 is 1.33 bits per heavy atom. The fraction of sp³-hybridized carbons (Fsp3) is 0.357. The van der Waals surface area contributed by atoms with Gasteiger partial charge in [-0.15, -0.1) is 0 Å². The minimum Gasteiger partial charge on any atom is -0.399 e. The molecule has 6 nitrogen and oxygen atoms in total. The molecule has 21 heavy (non-hydrogen) atoms. The van der Waals surface area contributed by atoms with Crippen molar-refractivity contribution in [2.45, 2.75) is 25.3 Å². The molecule has 0 bridgehead atoms. The van der Waals surface area contributed by atoms with Gasteiger partial charge in [0.2, 0.25) is 10.0 Å². The molecule has 0 aliphatic heterocycles. The van der Waals surface area contributed by atoms with E-state index < -0.39 is 10.0 Å². The van der Waals surface area contributed by atoms with Crippen LogP contribution in [0, 0.1) is 13.8 Å². The van der Waals surface area contributed by atoms with Crippen molar-refractivity contribution in [2.24, 2.45) is 7.05 Å². The third kappa shape index (κ3) is 3.08. The lowest BCUT2D eigenvalue weighted by molar-refractivity contribution is 0.466. The second-order valence-electron chi connectivity index (χ2n) is 5.24. The molecule has 0 atom stereocenters. The summed E-state index contributed by atoms with van der Waals surface area (Å²) in [5, 5.41) is 4.05. The fourth-order valence-electron chi connectivity index (χ4n) is 2.19. The highest BCUT2D eigenvalue weighted by Gasteiger charge is 2.24. The van der Waals surface area contributed by atoms with E-state index >= 15 is 0 Å². The van der Waals surface area contributed by atoms with E-state index in [1.54, 1.807) is 44.2 Å². The zero-order chi connectivity index (χ0) is 15.8. The maximum atomic E-state index is 12.7. The minimum absolute atomic E-state index is 0.256. The van der Waals surface area contributed by atoms with Crippen LogP contribution in [-0.4, -0.2) is 29.6 Å². The molecule has 0 saturated carbocycles. The highest BCUT2D eigenvalue weighted by atomic mass is 32.2. The first kappa shape index (κ1) is 15.5. The zero-order valence-corrected chi connectivity index (χ0v) is 13.5. The van der Waals surface area contributed by atoms with Gasteiger partial charge in [0.05, 0.1) is 11.1 Å². The van der Waals surface area contributed by atoms with Crippen molar-refractivity contribution in [1.29, 1.82) is 0 Å². The van der Waals surface area contributed by atoms with Gasteiger partial charge in [-0.05, 0) is 37.1 Å². The number of nitrogen functional groups attached to an aromatic ring is 1. The average Bonchev–Trinajstić information content (AvgIpc) is 2.79. The summed E-state index contributed by atoms with van der Waals surface area (Å²) in [5.41, 5.74) is 8.66. The van der Waals surface area contributed by atoms with Crippen LogP contribution in [0.25, 0.3) is 0 Å². The summed E-state index contributed by atoms with van der Waals surface area (Å²) in [5.74, 6) is 0. The number of hydrogen-bond acceptors (Lipinski definition) is 4. The highest BCUT2D eigenvalue weighted by molar-refractivity contribution is 7.89. The number of aromatic nitrogens is 2. The van der Waals surface area contributed by atoms with Crippen LogP contribution in [0.1, 0.15) is 16.7 Å². The molecule has 0 spiro atoms. The van der Waals surface area contributed by atoms with Crippen LogP contribution in [0.5, 0.6) is 0 Å². The van der Waals surface area contributed by atoms with Crippen LogP contribution in [0.2, 0.25) is 0 Å². The Bertz CT molecular complexity index is 765. The fourth-order valence-corrected chi connectivity index (χ4v) is 3.67. The van der Waals surface area contributed by atoms with E-state index in [-0.39, 0.29) is 11.4 Å². The van der Waals surface area contributed by atoms with Gasteiger partial charge in [0.1, 0.15) is 0 Å². The third-order valence-electron chi connectivity index (χ3n) is 3.49. The molecule has 0 aliphatic rings. The minimum atomic E-state index is -3.59. The lowest BCUT2D eigenvalue weighted by atomic mass is 10.1. The number of hydrogen-bond donors (Lipinski definition) is 1. The Balaban J connectivity index is 2.37. The summed E-state index contributed by atoms with van der Waals surface area (Å²) in [6.45, 7) is 3.91. The molecule has 0 unspecified atom stereocenters. The Hall–Kier alpha value is -1.86. The molecule has 0 radical (unpaired) electrons. The summed E-state index contributed by atoms with van der Waals surface area (Å²) >= 11 is 0. The lowest BCUT2D eigenvalue weighted by Gasteiger charge is -2.19. The maximum Gasteiger partial charge on any atom is 0.243 e. The predicted octanol–water partition coefficient (Wildman–Crippen LogP) is 1.44. The maximum absolute atomic E-state index is 12.7. The number of aryl methyl sites for hydroxylation is 2. The van der Waals surface area contributed by atoms with Gasteiger partial charge < -0.3 is 5.73 Å². The smallest absolute Gasteiger partial charge is 0.243 e. The van der Waals surface area contributed by atoms with E-state index in [4.69, 9.17) is 5.73 Å². The van der Waals surface area contributed by atoms with Crippen molar-refractivity contribution in [3.63, 3.8) is 0 Å². The summed E-state index contributed by atoms with van der Waals surface area (Å²) in [4.78, 5) is 0.256. The topological polar surface area (TPSA) is 81.2 Å². The van der Waals surface area contributed by atoms with Gasteiger partial charge in [-0.2, -0.15) is 9.40 Å². The second-order valence-corrected chi connectivity index (χ2v) is 7.26. The van der Waals surface area contributed by atoms with Crippen LogP contribution in [0.3, 0.4) is 0 Å². The molecule has 2 aromatic rings. The molecular formula is C14H20N4O2S.